The highest BCUT2D eigenvalue weighted by atomic mass is 14.4. The average Bonchev–Trinajstić information content (AvgIpc) is 2.37. The quantitative estimate of drug-likeness (QED) is 0.494. The maximum Gasteiger partial charge on any atom is -0.0156 e. The Morgan fingerprint density at radius 3 is 2.55 bits per heavy atom. The van der Waals surface area contributed by atoms with Gasteiger partial charge in [0, 0.05) is 0 Å². The zero-order valence-electron chi connectivity index (χ0n) is 7.48. The van der Waals surface area contributed by atoms with Crippen molar-refractivity contribution in [2.45, 2.75) is 33.1 Å². The molecule has 0 bridgehead atoms. The highest BCUT2D eigenvalue weighted by molar-refractivity contribution is 5.44. The Morgan fingerprint density at radius 2 is 1.91 bits per heavy atom. The van der Waals surface area contributed by atoms with Gasteiger partial charge in [0.2, 0.25) is 0 Å². The molecule has 11 heavy (non-hydrogen) atoms. The van der Waals surface area contributed by atoms with E-state index in [9.17, 15) is 0 Å². The molecule has 0 aromatic heterocycles. The zero-order chi connectivity index (χ0) is 8.01. The second-order valence-corrected chi connectivity index (χ2v) is 4.23. The van der Waals surface area contributed by atoms with E-state index in [1.54, 1.807) is 11.1 Å². The Morgan fingerprint density at radius 1 is 1.18 bits per heavy atom. The van der Waals surface area contributed by atoms with Gasteiger partial charge in [0.25, 0.3) is 0 Å². The molecule has 2 aliphatic rings. The van der Waals surface area contributed by atoms with Crippen molar-refractivity contribution in [3.8, 4) is 0 Å². The largest absolute Gasteiger partial charge is 0.0953 e. The molecule has 0 aromatic rings. The SMILES string of the molecule is C=C1C2=C(CC(C)C2)C[C@@H]1C. The van der Waals surface area contributed by atoms with E-state index in [0.717, 1.165) is 11.8 Å². The predicted molar refractivity (Wildman–Crippen MR) is 48.3 cm³/mol. The molecule has 0 radical (unpaired) electrons. The summed E-state index contributed by atoms with van der Waals surface area (Å²) in [6.45, 7) is 8.79. The lowest BCUT2D eigenvalue weighted by Crippen LogP contribution is -1.97. The van der Waals surface area contributed by atoms with Gasteiger partial charge in [-0.25, -0.2) is 0 Å². The van der Waals surface area contributed by atoms with Crippen LogP contribution in [0.1, 0.15) is 33.1 Å². The van der Waals surface area contributed by atoms with E-state index in [0.29, 0.717) is 0 Å². The van der Waals surface area contributed by atoms with E-state index in [4.69, 9.17) is 0 Å². The number of rotatable bonds is 0. The van der Waals surface area contributed by atoms with Gasteiger partial charge in [-0.05, 0) is 42.2 Å². The molecular formula is C11H16. The lowest BCUT2D eigenvalue weighted by Gasteiger charge is -2.10. The van der Waals surface area contributed by atoms with Crippen molar-refractivity contribution in [2.75, 3.05) is 0 Å². The lowest BCUT2D eigenvalue weighted by atomic mass is 9.95. The van der Waals surface area contributed by atoms with Crippen LogP contribution in [0, 0.1) is 11.8 Å². The smallest absolute Gasteiger partial charge is 0.0156 e. The van der Waals surface area contributed by atoms with Crippen LogP contribution in [-0.4, -0.2) is 0 Å². The van der Waals surface area contributed by atoms with Gasteiger partial charge in [-0.15, -0.1) is 0 Å². The highest BCUT2D eigenvalue weighted by Crippen LogP contribution is 2.46. The number of hydrogen-bond donors (Lipinski definition) is 0. The highest BCUT2D eigenvalue weighted by Gasteiger charge is 2.30. The fourth-order valence-corrected chi connectivity index (χ4v) is 2.46. The Kier molecular flexibility index (Phi) is 1.45. The Hall–Kier alpha value is -0.520. The van der Waals surface area contributed by atoms with Gasteiger partial charge in [-0.1, -0.05) is 26.0 Å². The summed E-state index contributed by atoms with van der Waals surface area (Å²) in [5.41, 5.74) is 4.78. The summed E-state index contributed by atoms with van der Waals surface area (Å²) in [5, 5.41) is 0. The average molecular weight is 148 g/mol. The summed E-state index contributed by atoms with van der Waals surface area (Å²) in [5.74, 6) is 1.64. The van der Waals surface area contributed by atoms with E-state index in [1.165, 1.54) is 24.8 Å². The summed E-state index contributed by atoms with van der Waals surface area (Å²) in [4.78, 5) is 0. The molecule has 1 unspecified atom stereocenters. The first-order chi connectivity index (χ1) is 5.18. The topological polar surface area (TPSA) is 0 Å². The van der Waals surface area contributed by atoms with Gasteiger partial charge in [0.15, 0.2) is 0 Å². The molecule has 0 aliphatic heterocycles. The number of hydrogen-bond acceptors (Lipinski definition) is 0. The molecular weight excluding hydrogens is 132 g/mol. The van der Waals surface area contributed by atoms with E-state index < -0.39 is 0 Å². The van der Waals surface area contributed by atoms with Crippen LogP contribution < -0.4 is 0 Å². The van der Waals surface area contributed by atoms with Crippen LogP contribution in [0.4, 0.5) is 0 Å². The maximum absolute atomic E-state index is 4.15. The summed E-state index contributed by atoms with van der Waals surface area (Å²) in [7, 11) is 0. The van der Waals surface area contributed by atoms with Crippen molar-refractivity contribution >= 4 is 0 Å². The molecule has 0 nitrogen and oxygen atoms in total. The number of allylic oxidation sites excluding steroid dienone is 3. The molecule has 0 saturated carbocycles. The third kappa shape index (κ3) is 0.962. The molecule has 0 aromatic carbocycles. The van der Waals surface area contributed by atoms with Crippen molar-refractivity contribution in [2.24, 2.45) is 11.8 Å². The first-order valence-electron chi connectivity index (χ1n) is 4.58. The third-order valence-corrected chi connectivity index (χ3v) is 3.11. The first kappa shape index (κ1) is 7.15. The van der Waals surface area contributed by atoms with Gasteiger partial charge in [-0.2, -0.15) is 0 Å². The Labute approximate surface area is 69.0 Å². The van der Waals surface area contributed by atoms with Gasteiger partial charge in [0.1, 0.15) is 0 Å². The van der Waals surface area contributed by atoms with Crippen LogP contribution in [0.5, 0.6) is 0 Å². The minimum Gasteiger partial charge on any atom is -0.0953 e. The lowest BCUT2D eigenvalue weighted by molar-refractivity contribution is 0.577. The van der Waals surface area contributed by atoms with Gasteiger partial charge in [-0.3, -0.25) is 0 Å². The maximum atomic E-state index is 4.15. The minimum atomic E-state index is 0.743. The predicted octanol–water partition coefficient (Wildman–Crippen LogP) is 3.31. The molecule has 0 fully saturated rings. The van der Waals surface area contributed by atoms with Crippen molar-refractivity contribution in [1.82, 2.24) is 0 Å². The molecule has 2 rings (SSSR count). The fourth-order valence-electron chi connectivity index (χ4n) is 2.46. The molecule has 0 amide bonds. The van der Waals surface area contributed by atoms with Crippen molar-refractivity contribution in [3.63, 3.8) is 0 Å². The van der Waals surface area contributed by atoms with Crippen molar-refractivity contribution < 1.29 is 0 Å². The van der Waals surface area contributed by atoms with Crippen LogP contribution in [0.15, 0.2) is 23.3 Å². The molecule has 0 heterocycles. The van der Waals surface area contributed by atoms with Gasteiger partial charge >= 0.3 is 0 Å². The molecule has 0 heteroatoms. The van der Waals surface area contributed by atoms with Crippen LogP contribution in [0.3, 0.4) is 0 Å². The Balaban J connectivity index is 2.24. The van der Waals surface area contributed by atoms with E-state index in [1.807, 2.05) is 0 Å². The van der Waals surface area contributed by atoms with Gasteiger partial charge in [0.05, 0.1) is 0 Å². The molecule has 2 atom stereocenters. The van der Waals surface area contributed by atoms with Crippen molar-refractivity contribution in [1.29, 1.82) is 0 Å². The van der Waals surface area contributed by atoms with Crippen LogP contribution in [-0.2, 0) is 0 Å². The summed E-state index contributed by atoms with van der Waals surface area (Å²) < 4.78 is 0. The fraction of sp³-hybridized carbons (Fsp3) is 0.636. The van der Waals surface area contributed by atoms with Crippen molar-refractivity contribution in [3.05, 3.63) is 23.3 Å². The van der Waals surface area contributed by atoms with Crippen LogP contribution >= 0.6 is 0 Å². The van der Waals surface area contributed by atoms with E-state index in [2.05, 4.69) is 20.4 Å². The van der Waals surface area contributed by atoms with Crippen LogP contribution in [0.25, 0.3) is 0 Å². The van der Waals surface area contributed by atoms with E-state index in [-0.39, 0.29) is 0 Å². The zero-order valence-corrected chi connectivity index (χ0v) is 7.48. The second kappa shape index (κ2) is 2.23. The summed E-state index contributed by atoms with van der Waals surface area (Å²) >= 11 is 0. The first-order valence-corrected chi connectivity index (χ1v) is 4.58. The molecule has 0 N–H and O–H groups in total. The summed E-state index contributed by atoms with van der Waals surface area (Å²) in [6, 6.07) is 0. The third-order valence-electron chi connectivity index (χ3n) is 3.11. The van der Waals surface area contributed by atoms with E-state index >= 15 is 0 Å². The monoisotopic (exact) mass is 148 g/mol. The molecule has 0 saturated heterocycles. The molecule has 0 spiro atoms. The van der Waals surface area contributed by atoms with Crippen LogP contribution in [0.2, 0.25) is 0 Å². The summed E-state index contributed by atoms with van der Waals surface area (Å²) in [6.07, 6.45) is 3.95. The standard InChI is InChI=1S/C11H16/c1-7-4-10-6-8(2)9(3)11(10)5-7/h7-8H,3-6H2,1-2H3/t7?,8-/m0/s1. The minimum absolute atomic E-state index is 0.743. The normalized spacial score (nSPS) is 36.7. The Bertz CT molecular complexity index is 232. The second-order valence-electron chi connectivity index (χ2n) is 4.23. The molecule has 60 valence electrons. The molecule has 2 aliphatic carbocycles. The van der Waals surface area contributed by atoms with Gasteiger partial charge < -0.3 is 0 Å².